The Balaban J connectivity index is 2.66. The summed E-state index contributed by atoms with van der Waals surface area (Å²) in [6.07, 6.45) is 2.52. The predicted molar refractivity (Wildman–Crippen MR) is 97.1 cm³/mol. The van der Waals surface area contributed by atoms with Crippen molar-refractivity contribution in [2.45, 2.75) is 46.6 Å². The SMILES string of the molecule is CC(C)(C)CC(C)(C)N/C=C(/C#N)C(=O)N1CCN(CCN)CC1. The summed E-state index contributed by atoms with van der Waals surface area (Å²) in [5, 5.41) is 12.6. The zero-order valence-corrected chi connectivity index (χ0v) is 15.9. The largest absolute Gasteiger partial charge is 0.385 e. The fourth-order valence-corrected chi connectivity index (χ4v) is 3.31. The Morgan fingerprint density at radius 3 is 2.25 bits per heavy atom. The van der Waals surface area contributed by atoms with Gasteiger partial charge in [0, 0.05) is 51.0 Å². The summed E-state index contributed by atoms with van der Waals surface area (Å²) in [6, 6.07) is 2.04. The van der Waals surface area contributed by atoms with Crippen molar-refractivity contribution in [3.8, 4) is 6.07 Å². The topological polar surface area (TPSA) is 85.4 Å². The van der Waals surface area contributed by atoms with E-state index in [1.165, 1.54) is 0 Å². The van der Waals surface area contributed by atoms with Gasteiger partial charge in [-0.2, -0.15) is 5.26 Å². The quantitative estimate of drug-likeness (QED) is 0.564. The van der Waals surface area contributed by atoms with E-state index in [2.05, 4.69) is 44.8 Å². The van der Waals surface area contributed by atoms with Crippen LogP contribution in [0.5, 0.6) is 0 Å². The van der Waals surface area contributed by atoms with Crippen molar-refractivity contribution in [2.75, 3.05) is 39.3 Å². The molecular formula is C18H33N5O. The van der Waals surface area contributed by atoms with Crippen LogP contribution in [0, 0.1) is 16.7 Å². The van der Waals surface area contributed by atoms with Crippen LogP contribution in [-0.4, -0.2) is 60.5 Å². The molecule has 1 fully saturated rings. The van der Waals surface area contributed by atoms with Crippen LogP contribution in [0.4, 0.5) is 0 Å². The zero-order chi connectivity index (χ0) is 18.4. The van der Waals surface area contributed by atoms with E-state index in [1.807, 2.05) is 6.07 Å². The maximum Gasteiger partial charge on any atom is 0.266 e. The van der Waals surface area contributed by atoms with Crippen molar-refractivity contribution >= 4 is 5.91 Å². The lowest BCUT2D eigenvalue weighted by atomic mass is 9.82. The Kier molecular flexibility index (Phi) is 7.25. The minimum Gasteiger partial charge on any atom is -0.385 e. The van der Waals surface area contributed by atoms with E-state index in [4.69, 9.17) is 5.73 Å². The van der Waals surface area contributed by atoms with Gasteiger partial charge in [0.2, 0.25) is 0 Å². The van der Waals surface area contributed by atoms with Gasteiger partial charge in [-0.25, -0.2) is 0 Å². The number of carbonyl (C=O) groups is 1. The molecule has 136 valence electrons. The summed E-state index contributed by atoms with van der Waals surface area (Å²) >= 11 is 0. The van der Waals surface area contributed by atoms with E-state index in [9.17, 15) is 10.1 Å². The van der Waals surface area contributed by atoms with E-state index >= 15 is 0 Å². The second-order valence-electron chi connectivity index (χ2n) is 8.36. The monoisotopic (exact) mass is 335 g/mol. The molecule has 24 heavy (non-hydrogen) atoms. The lowest BCUT2D eigenvalue weighted by Crippen LogP contribution is -2.50. The molecule has 3 N–H and O–H groups in total. The van der Waals surface area contributed by atoms with Crippen molar-refractivity contribution in [3.63, 3.8) is 0 Å². The Bertz CT molecular complexity index is 491. The summed E-state index contributed by atoms with van der Waals surface area (Å²) in [5.41, 5.74) is 5.72. The lowest BCUT2D eigenvalue weighted by molar-refractivity contribution is -0.128. The van der Waals surface area contributed by atoms with Crippen molar-refractivity contribution in [1.29, 1.82) is 5.26 Å². The van der Waals surface area contributed by atoms with E-state index in [1.54, 1.807) is 11.1 Å². The average Bonchev–Trinajstić information content (AvgIpc) is 2.46. The first-order valence-electron chi connectivity index (χ1n) is 8.68. The number of amides is 1. The third-order valence-electron chi connectivity index (χ3n) is 4.04. The smallest absolute Gasteiger partial charge is 0.266 e. The Hall–Kier alpha value is -1.58. The van der Waals surface area contributed by atoms with Gasteiger partial charge >= 0.3 is 0 Å². The third-order valence-corrected chi connectivity index (χ3v) is 4.04. The molecule has 0 aromatic rings. The van der Waals surface area contributed by atoms with Crippen LogP contribution in [0.3, 0.4) is 0 Å². The second-order valence-corrected chi connectivity index (χ2v) is 8.36. The fourth-order valence-electron chi connectivity index (χ4n) is 3.31. The highest BCUT2D eigenvalue weighted by atomic mass is 16.2. The molecule has 0 aromatic heterocycles. The van der Waals surface area contributed by atoms with Gasteiger partial charge in [0.1, 0.15) is 11.6 Å². The van der Waals surface area contributed by atoms with Crippen molar-refractivity contribution in [1.82, 2.24) is 15.1 Å². The van der Waals surface area contributed by atoms with Crippen molar-refractivity contribution in [3.05, 3.63) is 11.8 Å². The van der Waals surface area contributed by atoms with E-state index in [0.29, 0.717) is 19.6 Å². The number of piperazine rings is 1. The van der Waals surface area contributed by atoms with Gasteiger partial charge in [-0.05, 0) is 25.7 Å². The summed E-state index contributed by atoms with van der Waals surface area (Å²) in [7, 11) is 0. The number of nitrogens with two attached hydrogens (primary N) is 1. The van der Waals surface area contributed by atoms with Gasteiger partial charge in [-0.1, -0.05) is 20.8 Å². The molecule has 1 amide bonds. The van der Waals surface area contributed by atoms with Gasteiger partial charge in [-0.15, -0.1) is 0 Å². The minimum atomic E-state index is -0.191. The maximum atomic E-state index is 12.5. The number of nitriles is 1. The molecule has 0 spiro atoms. The van der Waals surface area contributed by atoms with Crippen LogP contribution in [0.2, 0.25) is 0 Å². The summed E-state index contributed by atoms with van der Waals surface area (Å²) in [6.45, 7) is 15.1. The number of nitrogens with zero attached hydrogens (tertiary/aromatic N) is 3. The first-order chi connectivity index (χ1) is 11.1. The van der Waals surface area contributed by atoms with Crippen LogP contribution in [0.25, 0.3) is 0 Å². The van der Waals surface area contributed by atoms with Crippen molar-refractivity contribution < 1.29 is 4.79 Å². The third kappa shape index (κ3) is 6.90. The standard InChI is InChI=1S/C18H33N5O/c1-17(2,3)14-18(4,5)21-13-15(12-20)16(24)23-10-8-22(7-6-19)9-11-23/h13,21H,6-11,14,19H2,1-5H3/b15-13-. The number of nitrogens with one attached hydrogen (secondary N) is 1. The molecule has 6 nitrogen and oxygen atoms in total. The molecule has 0 aliphatic carbocycles. The van der Waals surface area contributed by atoms with E-state index in [-0.39, 0.29) is 22.4 Å². The number of rotatable bonds is 6. The Labute approximate surface area is 146 Å². The van der Waals surface area contributed by atoms with Crippen LogP contribution in [0.1, 0.15) is 41.0 Å². The molecular weight excluding hydrogens is 302 g/mol. The molecule has 1 aliphatic heterocycles. The first kappa shape index (κ1) is 20.5. The van der Waals surface area contributed by atoms with Crippen LogP contribution in [0.15, 0.2) is 11.8 Å². The molecule has 1 saturated heterocycles. The van der Waals surface area contributed by atoms with Crippen molar-refractivity contribution in [2.24, 2.45) is 11.1 Å². The van der Waals surface area contributed by atoms with E-state index < -0.39 is 0 Å². The molecule has 1 heterocycles. The fraction of sp³-hybridized carbons (Fsp3) is 0.778. The van der Waals surface area contributed by atoms with Gasteiger partial charge in [0.05, 0.1) is 0 Å². The predicted octanol–water partition coefficient (Wildman–Crippen LogP) is 1.30. The van der Waals surface area contributed by atoms with E-state index in [0.717, 1.165) is 26.1 Å². The highest BCUT2D eigenvalue weighted by molar-refractivity contribution is 5.97. The normalized spacial score (nSPS) is 17.5. The molecule has 0 saturated carbocycles. The van der Waals surface area contributed by atoms with Crippen LogP contribution in [-0.2, 0) is 4.79 Å². The number of hydrogen-bond donors (Lipinski definition) is 2. The maximum absolute atomic E-state index is 12.5. The molecule has 6 heteroatoms. The molecule has 1 rings (SSSR count). The van der Waals surface area contributed by atoms with Gasteiger partial charge in [0.15, 0.2) is 0 Å². The Morgan fingerprint density at radius 1 is 1.21 bits per heavy atom. The zero-order valence-electron chi connectivity index (χ0n) is 15.9. The first-order valence-corrected chi connectivity index (χ1v) is 8.68. The molecule has 1 aliphatic rings. The average molecular weight is 335 g/mol. The summed E-state index contributed by atoms with van der Waals surface area (Å²) < 4.78 is 0. The lowest BCUT2D eigenvalue weighted by Gasteiger charge is -2.35. The van der Waals surface area contributed by atoms with Crippen LogP contribution >= 0.6 is 0 Å². The molecule has 0 aromatic carbocycles. The summed E-state index contributed by atoms with van der Waals surface area (Å²) in [4.78, 5) is 16.5. The summed E-state index contributed by atoms with van der Waals surface area (Å²) in [5.74, 6) is -0.191. The van der Waals surface area contributed by atoms with Gasteiger partial charge in [-0.3, -0.25) is 9.69 Å². The van der Waals surface area contributed by atoms with Crippen LogP contribution < -0.4 is 11.1 Å². The highest BCUT2D eigenvalue weighted by Gasteiger charge is 2.26. The van der Waals surface area contributed by atoms with Gasteiger partial charge in [0.25, 0.3) is 5.91 Å². The molecule has 0 radical (unpaired) electrons. The number of carbonyl (C=O) groups excluding carboxylic acids is 1. The molecule has 0 atom stereocenters. The Morgan fingerprint density at radius 2 is 1.79 bits per heavy atom. The number of hydrogen-bond acceptors (Lipinski definition) is 5. The highest BCUT2D eigenvalue weighted by Crippen LogP contribution is 2.26. The molecule has 0 unspecified atom stereocenters. The molecule has 0 bridgehead atoms. The van der Waals surface area contributed by atoms with Gasteiger partial charge < -0.3 is 16.0 Å². The minimum absolute atomic E-state index is 0.167. The second kappa shape index (κ2) is 8.50.